The molecule has 2 aromatic rings. The van der Waals surface area contributed by atoms with Crippen LogP contribution in [-0.2, 0) is 15.0 Å². The van der Waals surface area contributed by atoms with Gasteiger partial charge in [-0.15, -0.1) is 0 Å². The quantitative estimate of drug-likeness (QED) is 0.872. The molecule has 0 saturated heterocycles. The molecule has 3 heterocycles. The second-order valence-corrected chi connectivity index (χ2v) is 8.09. The van der Waals surface area contributed by atoms with Gasteiger partial charge in [0.25, 0.3) is 5.56 Å². The summed E-state index contributed by atoms with van der Waals surface area (Å²) < 4.78 is 1.64. The SMILES string of the molecule is CC(C)CN1C(=O)[C@@]2(CC(=O)Nc3c2c(=O)[nH]n3C(C)C)c2ccccc21. The molecule has 7 nitrogen and oxygen atoms in total. The summed E-state index contributed by atoms with van der Waals surface area (Å²) in [6.07, 6.45) is -0.0599. The molecule has 0 radical (unpaired) electrons. The number of hydrogen-bond acceptors (Lipinski definition) is 3. The van der Waals surface area contributed by atoms with Crippen molar-refractivity contribution in [2.24, 2.45) is 5.92 Å². The number of carbonyl (C=O) groups excluding carboxylic acids is 2. The van der Waals surface area contributed by atoms with Crippen LogP contribution in [0.1, 0.15) is 51.3 Å². The third-order valence-electron chi connectivity index (χ3n) is 5.37. The van der Waals surface area contributed by atoms with E-state index >= 15 is 0 Å². The lowest BCUT2D eigenvalue weighted by Crippen LogP contribution is -2.49. The Hall–Kier alpha value is -2.83. The maximum atomic E-state index is 13.7. The van der Waals surface area contributed by atoms with Crippen LogP contribution in [0.2, 0.25) is 0 Å². The van der Waals surface area contributed by atoms with Gasteiger partial charge < -0.3 is 10.2 Å². The molecule has 2 N–H and O–H groups in total. The van der Waals surface area contributed by atoms with Crippen LogP contribution >= 0.6 is 0 Å². The van der Waals surface area contributed by atoms with Gasteiger partial charge in [-0.2, -0.15) is 0 Å². The van der Waals surface area contributed by atoms with E-state index < -0.39 is 5.41 Å². The number of aromatic nitrogens is 2. The second-order valence-electron chi connectivity index (χ2n) is 8.09. The lowest BCUT2D eigenvalue weighted by molar-refractivity contribution is -0.126. The lowest BCUT2D eigenvalue weighted by atomic mass is 9.71. The number of H-pyrrole nitrogens is 1. The summed E-state index contributed by atoms with van der Waals surface area (Å²) >= 11 is 0. The molecule has 27 heavy (non-hydrogen) atoms. The first-order valence-corrected chi connectivity index (χ1v) is 9.33. The van der Waals surface area contributed by atoms with E-state index in [4.69, 9.17) is 0 Å². The van der Waals surface area contributed by atoms with Crippen molar-refractivity contribution in [3.05, 3.63) is 45.7 Å². The van der Waals surface area contributed by atoms with E-state index in [9.17, 15) is 14.4 Å². The highest BCUT2D eigenvalue weighted by Crippen LogP contribution is 2.51. The average Bonchev–Trinajstić information content (AvgIpc) is 3.04. The van der Waals surface area contributed by atoms with Crippen LogP contribution in [0.3, 0.4) is 0 Å². The molecule has 1 aromatic heterocycles. The first-order chi connectivity index (χ1) is 12.8. The van der Waals surface area contributed by atoms with Crippen molar-refractivity contribution >= 4 is 23.3 Å². The first-order valence-electron chi connectivity index (χ1n) is 9.33. The molecule has 142 valence electrons. The normalized spacial score (nSPS) is 21.2. The third-order valence-corrected chi connectivity index (χ3v) is 5.37. The number of hydrogen-bond donors (Lipinski definition) is 2. The van der Waals surface area contributed by atoms with Crippen molar-refractivity contribution in [2.75, 3.05) is 16.8 Å². The van der Waals surface area contributed by atoms with E-state index in [1.807, 2.05) is 52.0 Å². The molecular formula is C20H24N4O3. The number of anilines is 2. The summed E-state index contributed by atoms with van der Waals surface area (Å²) in [5, 5.41) is 5.62. The minimum absolute atomic E-state index is 0.0598. The molecule has 7 heteroatoms. The number of nitrogens with one attached hydrogen (secondary N) is 2. The van der Waals surface area contributed by atoms with Gasteiger partial charge in [-0.1, -0.05) is 32.0 Å². The number of benzene rings is 1. The van der Waals surface area contributed by atoms with Crippen LogP contribution in [0.5, 0.6) is 0 Å². The minimum atomic E-state index is -1.27. The van der Waals surface area contributed by atoms with Crippen LogP contribution in [-0.4, -0.2) is 28.1 Å². The van der Waals surface area contributed by atoms with Crippen LogP contribution in [0.15, 0.2) is 29.1 Å². The van der Waals surface area contributed by atoms with E-state index in [0.29, 0.717) is 17.9 Å². The summed E-state index contributed by atoms with van der Waals surface area (Å²) in [6.45, 7) is 8.46. The number of carbonyl (C=O) groups is 2. The van der Waals surface area contributed by atoms with Crippen molar-refractivity contribution in [2.45, 2.75) is 45.6 Å². The molecule has 0 saturated carbocycles. The van der Waals surface area contributed by atoms with Crippen LogP contribution in [0.25, 0.3) is 0 Å². The minimum Gasteiger partial charge on any atom is -0.311 e. The summed E-state index contributed by atoms with van der Waals surface area (Å²) in [6, 6.07) is 7.43. The van der Waals surface area contributed by atoms with Gasteiger partial charge in [-0.25, -0.2) is 0 Å². The molecule has 1 aromatic carbocycles. The van der Waals surface area contributed by atoms with Crippen LogP contribution < -0.4 is 15.8 Å². The van der Waals surface area contributed by atoms with Gasteiger partial charge in [-0.3, -0.25) is 24.2 Å². The molecular weight excluding hydrogens is 344 g/mol. The van der Waals surface area contributed by atoms with Crippen molar-refractivity contribution in [1.82, 2.24) is 9.78 Å². The molecule has 0 fully saturated rings. The molecule has 0 unspecified atom stereocenters. The van der Waals surface area contributed by atoms with E-state index in [0.717, 1.165) is 11.3 Å². The molecule has 0 bridgehead atoms. The highest BCUT2D eigenvalue weighted by atomic mass is 16.2. The highest BCUT2D eigenvalue weighted by molar-refractivity contribution is 6.15. The topological polar surface area (TPSA) is 87.2 Å². The Morgan fingerprint density at radius 2 is 1.81 bits per heavy atom. The number of para-hydroxylation sites is 1. The van der Waals surface area contributed by atoms with Gasteiger partial charge >= 0.3 is 0 Å². The monoisotopic (exact) mass is 368 g/mol. The molecule has 2 aliphatic rings. The van der Waals surface area contributed by atoms with Crippen molar-refractivity contribution in [1.29, 1.82) is 0 Å². The van der Waals surface area contributed by atoms with Crippen molar-refractivity contribution in [3.8, 4) is 0 Å². The fourth-order valence-electron chi connectivity index (χ4n) is 4.34. The van der Waals surface area contributed by atoms with Gasteiger partial charge in [0.15, 0.2) is 0 Å². The fraction of sp³-hybridized carbons (Fsp3) is 0.450. The van der Waals surface area contributed by atoms with E-state index in [1.165, 1.54) is 0 Å². The smallest absolute Gasteiger partial charge is 0.270 e. The standard InChI is InChI=1S/C20H24N4O3/c1-11(2)10-23-14-8-6-5-7-13(14)20(19(23)27)9-15(25)21-17-16(20)18(26)22-24(17)12(3)4/h5-8,11-12H,9-10H2,1-4H3,(H,21,25)(H,22,26)/t20-/m0/s1. The van der Waals surface area contributed by atoms with Crippen LogP contribution in [0, 0.1) is 5.92 Å². The Balaban J connectivity index is 2.03. The Morgan fingerprint density at radius 3 is 2.48 bits per heavy atom. The number of fused-ring (bicyclic) bond motifs is 4. The van der Waals surface area contributed by atoms with E-state index in [2.05, 4.69) is 10.4 Å². The van der Waals surface area contributed by atoms with Crippen molar-refractivity contribution < 1.29 is 9.59 Å². The lowest BCUT2D eigenvalue weighted by Gasteiger charge is -2.32. The average molecular weight is 368 g/mol. The Morgan fingerprint density at radius 1 is 1.11 bits per heavy atom. The number of aromatic amines is 1. The molecule has 0 aliphatic carbocycles. The zero-order chi connectivity index (χ0) is 19.5. The maximum Gasteiger partial charge on any atom is 0.270 e. The van der Waals surface area contributed by atoms with Gasteiger partial charge in [0.1, 0.15) is 11.2 Å². The molecule has 2 amide bonds. The number of rotatable bonds is 3. The van der Waals surface area contributed by atoms with Gasteiger partial charge in [-0.05, 0) is 31.4 Å². The largest absolute Gasteiger partial charge is 0.311 e. The molecule has 1 atom stereocenters. The number of amides is 2. The zero-order valence-corrected chi connectivity index (χ0v) is 16.0. The Bertz CT molecular complexity index is 1000. The van der Waals surface area contributed by atoms with Gasteiger partial charge in [0.2, 0.25) is 11.8 Å². The van der Waals surface area contributed by atoms with E-state index in [-0.39, 0.29) is 35.8 Å². The summed E-state index contributed by atoms with van der Waals surface area (Å²) in [5.41, 5.74) is 0.275. The Labute approximate surface area is 157 Å². The van der Waals surface area contributed by atoms with Gasteiger partial charge in [0.05, 0.1) is 12.0 Å². The number of nitrogens with zero attached hydrogens (tertiary/aromatic N) is 2. The third kappa shape index (κ3) is 2.30. The first kappa shape index (κ1) is 17.6. The predicted molar refractivity (Wildman–Crippen MR) is 103 cm³/mol. The van der Waals surface area contributed by atoms with Gasteiger partial charge in [0, 0.05) is 18.3 Å². The highest BCUT2D eigenvalue weighted by Gasteiger charge is 2.58. The summed E-state index contributed by atoms with van der Waals surface area (Å²) in [7, 11) is 0. The fourth-order valence-corrected chi connectivity index (χ4v) is 4.34. The molecule has 2 aliphatic heterocycles. The zero-order valence-electron chi connectivity index (χ0n) is 16.0. The summed E-state index contributed by atoms with van der Waals surface area (Å²) in [5.74, 6) is 0.208. The van der Waals surface area contributed by atoms with Crippen molar-refractivity contribution in [3.63, 3.8) is 0 Å². The second kappa shape index (κ2) is 5.84. The molecule has 1 spiro atoms. The van der Waals surface area contributed by atoms with Crippen LogP contribution in [0.4, 0.5) is 11.5 Å². The molecule has 4 rings (SSSR count). The van der Waals surface area contributed by atoms with E-state index in [1.54, 1.807) is 9.58 Å². The summed E-state index contributed by atoms with van der Waals surface area (Å²) in [4.78, 5) is 41.0. The predicted octanol–water partition coefficient (Wildman–Crippen LogP) is 2.39. The maximum absolute atomic E-state index is 13.7. The Kier molecular flexibility index (Phi) is 3.80.